The number of ether oxygens (including phenoxy) is 4. The van der Waals surface area contributed by atoms with E-state index in [1.165, 1.54) is 21.3 Å². The van der Waals surface area contributed by atoms with Gasteiger partial charge in [0.15, 0.2) is 11.5 Å². The van der Waals surface area contributed by atoms with Crippen LogP contribution in [0.15, 0.2) is 36.4 Å². The van der Waals surface area contributed by atoms with Gasteiger partial charge in [0.2, 0.25) is 5.75 Å². The molecule has 0 spiro atoms. The number of benzene rings is 2. The summed E-state index contributed by atoms with van der Waals surface area (Å²) in [6.45, 7) is 4.03. The average molecular weight is 371 g/mol. The molecule has 0 bridgehead atoms. The summed E-state index contributed by atoms with van der Waals surface area (Å²) in [4.78, 5) is 13.0. The van der Waals surface area contributed by atoms with Gasteiger partial charge in [-0.1, -0.05) is 18.2 Å². The highest BCUT2D eigenvalue weighted by atomic mass is 16.5. The van der Waals surface area contributed by atoms with E-state index in [1.807, 2.05) is 38.1 Å². The Hall–Kier alpha value is -2.89. The van der Waals surface area contributed by atoms with E-state index < -0.39 is 0 Å². The highest BCUT2D eigenvalue weighted by molar-refractivity contribution is 5.96. The summed E-state index contributed by atoms with van der Waals surface area (Å²) in [6.07, 6.45) is 0.667. The number of rotatable bonds is 5. The lowest BCUT2D eigenvalue weighted by atomic mass is 9.89. The molecule has 0 aliphatic carbocycles. The topological polar surface area (TPSA) is 66.0 Å². The van der Waals surface area contributed by atoms with Crippen LogP contribution in [0, 0.1) is 0 Å². The molecular weight excluding hydrogens is 346 g/mol. The van der Waals surface area contributed by atoms with Crippen molar-refractivity contribution >= 4 is 5.91 Å². The molecule has 1 aliphatic rings. The molecule has 144 valence electrons. The fourth-order valence-electron chi connectivity index (χ4n) is 3.38. The molecule has 1 aliphatic heterocycles. The predicted octanol–water partition coefficient (Wildman–Crippen LogP) is 3.74. The monoisotopic (exact) mass is 371 g/mol. The maximum atomic E-state index is 13.0. The van der Waals surface area contributed by atoms with Crippen molar-refractivity contribution in [2.24, 2.45) is 0 Å². The van der Waals surface area contributed by atoms with E-state index in [0.717, 1.165) is 11.3 Å². The van der Waals surface area contributed by atoms with Crippen molar-refractivity contribution in [3.63, 3.8) is 0 Å². The van der Waals surface area contributed by atoms with Crippen molar-refractivity contribution in [1.29, 1.82) is 0 Å². The first-order valence-corrected chi connectivity index (χ1v) is 8.77. The summed E-state index contributed by atoms with van der Waals surface area (Å²) < 4.78 is 22.0. The zero-order valence-electron chi connectivity index (χ0n) is 16.3. The van der Waals surface area contributed by atoms with Crippen LogP contribution in [0.25, 0.3) is 0 Å². The van der Waals surface area contributed by atoms with E-state index in [0.29, 0.717) is 29.2 Å². The minimum absolute atomic E-state index is 0.156. The fourth-order valence-corrected chi connectivity index (χ4v) is 3.38. The molecule has 6 nitrogen and oxygen atoms in total. The molecule has 0 saturated heterocycles. The van der Waals surface area contributed by atoms with Crippen LogP contribution in [0.1, 0.15) is 42.2 Å². The minimum Gasteiger partial charge on any atom is -0.493 e. The number of carbonyl (C=O) groups is 1. The quantitative estimate of drug-likeness (QED) is 0.867. The van der Waals surface area contributed by atoms with Crippen LogP contribution in [0.5, 0.6) is 23.0 Å². The second-order valence-corrected chi connectivity index (χ2v) is 7.04. The van der Waals surface area contributed by atoms with E-state index in [1.54, 1.807) is 12.1 Å². The Morgan fingerprint density at radius 2 is 1.70 bits per heavy atom. The molecule has 2 aromatic carbocycles. The lowest BCUT2D eigenvalue weighted by molar-refractivity contribution is 0.0619. The number of hydrogen-bond donors (Lipinski definition) is 1. The number of carbonyl (C=O) groups excluding carboxylic acids is 1. The zero-order valence-corrected chi connectivity index (χ0v) is 16.3. The summed E-state index contributed by atoms with van der Waals surface area (Å²) >= 11 is 0. The van der Waals surface area contributed by atoms with Gasteiger partial charge < -0.3 is 24.3 Å². The van der Waals surface area contributed by atoms with Crippen molar-refractivity contribution in [3.05, 3.63) is 47.5 Å². The highest BCUT2D eigenvalue weighted by Crippen LogP contribution is 2.41. The molecule has 0 saturated carbocycles. The molecule has 27 heavy (non-hydrogen) atoms. The van der Waals surface area contributed by atoms with Gasteiger partial charge in [0, 0.05) is 17.5 Å². The van der Waals surface area contributed by atoms with Gasteiger partial charge in [-0.05, 0) is 32.0 Å². The largest absolute Gasteiger partial charge is 0.493 e. The normalized spacial score (nSPS) is 17.3. The molecule has 2 aromatic rings. The molecular formula is C21H25NO5. The molecule has 0 aromatic heterocycles. The third-order valence-electron chi connectivity index (χ3n) is 4.61. The Morgan fingerprint density at radius 3 is 2.30 bits per heavy atom. The molecule has 0 fully saturated rings. The van der Waals surface area contributed by atoms with Gasteiger partial charge in [0.05, 0.1) is 27.4 Å². The summed E-state index contributed by atoms with van der Waals surface area (Å²) in [6, 6.07) is 10.9. The Bertz CT molecular complexity index is 821. The molecule has 1 N–H and O–H groups in total. The van der Waals surface area contributed by atoms with Crippen molar-refractivity contribution in [3.8, 4) is 23.0 Å². The van der Waals surface area contributed by atoms with E-state index in [2.05, 4.69) is 5.32 Å². The van der Waals surface area contributed by atoms with Crippen molar-refractivity contribution in [1.82, 2.24) is 5.32 Å². The molecule has 1 atom stereocenters. The molecule has 0 unspecified atom stereocenters. The van der Waals surface area contributed by atoms with E-state index >= 15 is 0 Å². The summed E-state index contributed by atoms with van der Waals surface area (Å²) in [5, 5.41) is 3.12. The maximum Gasteiger partial charge on any atom is 0.252 e. The number of nitrogens with one attached hydrogen (secondary N) is 1. The summed E-state index contributed by atoms with van der Waals surface area (Å²) in [7, 11) is 4.58. The number of para-hydroxylation sites is 1. The zero-order chi connectivity index (χ0) is 19.6. The molecule has 6 heteroatoms. The second-order valence-electron chi connectivity index (χ2n) is 7.04. The van der Waals surface area contributed by atoms with E-state index in [9.17, 15) is 4.79 Å². The van der Waals surface area contributed by atoms with Gasteiger partial charge in [-0.15, -0.1) is 0 Å². The number of hydrogen-bond acceptors (Lipinski definition) is 5. The summed E-state index contributed by atoms with van der Waals surface area (Å²) in [5.41, 5.74) is 1.03. The number of amides is 1. The second kappa shape index (κ2) is 7.39. The average Bonchev–Trinajstić information content (AvgIpc) is 2.65. The van der Waals surface area contributed by atoms with Gasteiger partial charge in [-0.2, -0.15) is 0 Å². The van der Waals surface area contributed by atoms with Crippen molar-refractivity contribution in [2.45, 2.75) is 31.9 Å². The van der Waals surface area contributed by atoms with Crippen LogP contribution in [-0.4, -0.2) is 32.8 Å². The van der Waals surface area contributed by atoms with E-state index in [4.69, 9.17) is 18.9 Å². The SMILES string of the molecule is COc1cc(C(=O)N[C@H]2CC(C)(C)Oc3ccccc32)cc(OC)c1OC. The fraction of sp³-hybridized carbons (Fsp3) is 0.381. The first-order valence-electron chi connectivity index (χ1n) is 8.77. The lowest BCUT2D eigenvalue weighted by Crippen LogP contribution is -2.41. The van der Waals surface area contributed by atoms with Crippen LogP contribution >= 0.6 is 0 Å². The van der Waals surface area contributed by atoms with Crippen LogP contribution in [0.3, 0.4) is 0 Å². The molecule has 1 amide bonds. The first kappa shape index (κ1) is 18.9. The van der Waals surface area contributed by atoms with Gasteiger partial charge in [0.25, 0.3) is 5.91 Å². The summed E-state index contributed by atoms with van der Waals surface area (Å²) in [5.74, 6) is 1.91. The first-order chi connectivity index (χ1) is 12.9. The predicted molar refractivity (Wildman–Crippen MR) is 102 cm³/mol. The lowest BCUT2D eigenvalue weighted by Gasteiger charge is -2.37. The van der Waals surface area contributed by atoms with Crippen LogP contribution < -0.4 is 24.3 Å². The van der Waals surface area contributed by atoms with Gasteiger partial charge >= 0.3 is 0 Å². The van der Waals surface area contributed by atoms with Crippen LogP contribution in [0.2, 0.25) is 0 Å². The Morgan fingerprint density at radius 1 is 1.07 bits per heavy atom. The van der Waals surface area contributed by atoms with Gasteiger partial charge in [-0.25, -0.2) is 0 Å². The highest BCUT2D eigenvalue weighted by Gasteiger charge is 2.34. The Kier molecular flexibility index (Phi) is 5.17. The molecule has 0 radical (unpaired) electrons. The van der Waals surface area contributed by atoms with Gasteiger partial charge in [-0.3, -0.25) is 4.79 Å². The van der Waals surface area contributed by atoms with Crippen LogP contribution in [0.4, 0.5) is 0 Å². The van der Waals surface area contributed by atoms with E-state index in [-0.39, 0.29) is 17.6 Å². The standard InChI is InChI=1S/C21H25NO5/c1-21(2)12-15(14-8-6-7-9-16(14)27-21)22-20(23)13-10-17(24-3)19(26-5)18(11-13)25-4/h6-11,15H,12H2,1-5H3,(H,22,23)/t15-/m0/s1. The Balaban J connectivity index is 1.92. The minimum atomic E-state index is -0.373. The van der Waals surface area contributed by atoms with Crippen LogP contribution in [-0.2, 0) is 0 Å². The molecule has 1 heterocycles. The molecule has 3 rings (SSSR count). The third kappa shape index (κ3) is 3.79. The Labute approximate surface area is 159 Å². The van der Waals surface area contributed by atoms with Crippen molar-refractivity contribution < 1.29 is 23.7 Å². The smallest absolute Gasteiger partial charge is 0.252 e. The number of methoxy groups -OCH3 is 3. The third-order valence-corrected chi connectivity index (χ3v) is 4.61. The van der Waals surface area contributed by atoms with Crippen molar-refractivity contribution in [2.75, 3.05) is 21.3 Å². The van der Waals surface area contributed by atoms with Gasteiger partial charge in [0.1, 0.15) is 11.4 Å². The number of fused-ring (bicyclic) bond motifs is 1. The maximum absolute atomic E-state index is 13.0.